The van der Waals surface area contributed by atoms with Crippen LogP contribution in [0.1, 0.15) is 28.8 Å². The highest BCUT2D eigenvalue weighted by Gasteiger charge is 2.09. The van der Waals surface area contributed by atoms with Gasteiger partial charge in [0, 0.05) is 17.4 Å². The van der Waals surface area contributed by atoms with Gasteiger partial charge in [0.25, 0.3) is 5.91 Å². The molecular formula is C14H14BrNO2. The van der Waals surface area contributed by atoms with Gasteiger partial charge in [0.1, 0.15) is 5.76 Å². The predicted molar refractivity (Wildman–Crippen MR) is 73.4 cm³/mol. The van der Waals surface area contributed by atoms with E-state index in [4.69, 9.17) is 4.42 Å². The van der Waals surface area contributed by atoms with Gasteiger partial charge >= 0.3 is 0 Å². The second-order valence-corrected chi connectivity index (χ2v) is 4.85. The first-order valence-corrected chi connectivity index (χ1v) is 6.59. The topological polar surface area (TPSA) is 42.2 Å². The van der Waals surface area contributed by atoms with Crippen molar-refractivity contribution in [3.05, 3.63) is 58.0 Å². The van der Waals surface area contributed by atoms with Crippen LogP contribution in [0.2, 0.25) is 0 Å². The molecule has 4 heteroatoms. The summed E-state index contributed by atoms with van der Waals surface area (Å²) in [5, 5.41) is 2.83. The normalized spacial score (nSPS) is 10.3. The second kappa shape index (κ2) is 5.87. The van der Waals surface area contributed by atoms with E-state index in [9.17, 15) is 4.79 Å². The smallest absolute Gasteiger partial charge is 0.287 e. The number of furan rings is 1. The standard InChI is InChI=1S/C14H14BrNO2/c1-2-12-6-7-13(18-12)14(17)16-9-10-4-3-5-11(15)8-10/h3-8H,2,9H2,1H3,(H,16,17). The van der Waals surface area contributed by atoms with Gasteiger partial charge in [-0.3, -0.25) is 4.79 Å². The quantitative estimate of drug-likeness (QED) is 0.939. The zero-order chi connectivity index (χ0) is 13.0. The van der Waals surface area contributed by atoms with E-state index in [0.29, 0.717) is 12.3 Å². The molecule has 94 valence electrons. The van der Waals surface area contributed by atoms with Gasteiger partial charge in [-0.15, -0.1) is 0 Å². The third-order valence-electron chi connectivity index (χ3n) is 2.58. The minimum Gasteiger partial charge on any atom is -0.456 e. The fourth-order valence-electron chi connectivity index (χ4n) is 1.61. The molecule has 0 saturated heterocycles. The highest BCUT2D eigenvalue weighted by atomic mass is 79.9. The molecule has 3 nitrogen and oxygen atoms in total. The molecule has 1 amide bonds. The molecule has 0 unspecified atom stereocenters. The lowest BCUT2D eigenvalue weighted by Crippen LogP contribution is -2.22. The van der Waals surface area contributed by atoms with Crippen molar-refractivity contribution in [3.8, 4) is 0 Å². The van der Waals surface area contributed by atoms with E-state index < -0.39 is 0 Å². The van der Waals surface area contributed by atoms with E-state index in [0.717, 1.165) is 22.2 Å². The number of rotatable bonds is 4. The summed E-state index contributed by atoms with van der Waals surface area (Å²) in [5.74, 6) is 0.999. The number of hydrogen-bond acceptors (Lipinski definition) is 2. The van der Waals surface area contributed by atoms with E-state index in [1.54, 1.807) is 6.07 Å². The fraction of sp³-hybridized carbons (Fsp3) is 0.214. The number of hydrogen-bond donors (Lipinski definition) is 1. The van der Waals surface area contributed by atoms with Crippen LogP contribution in [0, 0.1) is 0 Å². The zero-order valence-electron chi connectivity index (χ0n) is 10.1. The average molecular weight is 308 g/mol. The summed E-state index contributed by atoms with van der Waals surface area (Å²) in [6, 6.07) is 11.4. The van der Waals surface area contributed by atoms with Gasteiger partial charge in [0.2, 0.25) is 0 Å². The Hall–Kier alpha value is -1.55. The predicted octanol–water partition coefficient (Wildman–Crippen LogP) is 3.53. The number of benzene rings is 1. The number of carbonyl (C=O) groups excluding carboxylic acids is 1. The summed E-state index contributed by atoms with van der Waals surface area (Å²) in [5.41, 5.74) is 1.04. The van der Waals surface area contributed by atoms with Gasteiger partial charge in [-0.05, 0) is 29.8 Å². The minimum absolute atomic E-state index is 0.185. The van der Waals surface area contributed by atoms with Gasteiger partial charge in [-0.1, -0.05) is 35.0 Å². The Bertz CT molecular complexity index is 548. The van der Waals surface area contributed by atoms with Crippen LogP contribution in [0.4, 0.5) is 0 Å². The monoisotopic (exact) mass is 307 g/mol. The van der Waals surface area contributed by atoms with Crippen molar-refractivity contribution >= 4 is 21.8 Å². The molecule has 0 saturated carbocycles. The maximum absolute atomic E-state index is 11.8. The van der Waals surface area contributed by atoms with E-state index in [1.807, 2.05) is 37.3 Å². The highest BCUT2D eigenvalue weighted by molar-refractivity contribution is 9.10. The van der Waals surface area contributed by atoms with Crippen LogP contribution < -0.4 is 5.32 Å². The first-order valence-electron chi connectivity index (χ1n) is 5.80. The Labute approximate surface area is 114 Å². The number of aryl methyl sites for hydroxylation is 1. The molecule has 0 fully saturated rings. The first kappa shape index (κ1) is 12.9. The number of amides is 1. The summed E-state index contributed by atoms with van der Waals surface area (Å²) in [7, 11) is 0. The van der Waals surface area contributed by atoms with Crippen LogP contribution in [-0.2, 0) is 13.0 Å². The Kier molecular flexibility index (Phi) is 4.20. The van der Waals surface area contributed by atoms with Gasteiger partial charge in [-0.25, -0.2) is 0 Å². The summed E-state index contributed by atoms with van der Waals surface area (Å²) in [6.07, 6.45) is 0.791. The van der Waals surface area contributed by atoms with Crippen LogP contribution in [-0.4, -0.2) is 5.91 Å². The van der Waals surface area contributed by atoms with Crippen molar-refractivity contribution in [3.63, 3.8) is 0 Å². The van der Waals surface area contributed by atoms with Crippen LogP contribution in [0.5, 0.6) is 0 Å². The maximum atomic E-state index is 11.8. The second-order valence-electron chi connectivity index (χ2n) is 3.93. The maximum Gasteiger partial charge on any atom is 0.287 e. The molecule has 0 radical (unpaired) electrons. The fourth-order valence-corrected chi connectivity index (χ4v) is 2.05. The molecule has 1 aromatic heterocycles. The minimum atomic E-state index is -0.185. The summed E-state index contributed by atoms with van der Waals surface area (Å²) in [6.45, 7) is 2.47. The molecule has 0 aliphatic carbocycles. The van der Waals surface area contributed by atoms with E-state index in [-0.39, 0.29) is 5.91 Å². The third kappa shape index (κ3) is 3.23. The van der Waals surface area contributed by atoms with Crippen LogP contribution >= 0.6 is 15.9 Å². The van der Waals surface area contributed by atoms with Crippen molar-refractivity contribution in [1.29, 1.82) is 0 Å². The number of nitrogens with one attached hydrogen (secondary N) is 1. The molecule has 1 aromatic carbocycles. The molecular weight excluding hydrogens is 294 g/mol. The van der Waals surface area contributed by atoms with Gasteiger partial charge in [-0.2, -0.15) is 0 Å². The Morgan fingerprint density at radius 2 is 2.17 bits per heavy atom. The van der Waals surface area contributed by atoms with E-state index in [2.05, 4.69) is 21.2 Å². The van der Waals surface area contributed by atoms with Crippen molar-refractivity contribution in [2.24, 2.45) is 0 Å². The highest BCUT2D eigenvalue weighted by Crippen LogP contribution is 2.12. The molecule has 1 heterocycles. The van der Waals surface area contributed by atoms with Gasteiger partial charge < -0.3 is 9.73 Å². The summed E-state index contributed by atoms with van der Waals surface area (Å²) in [4.78, 5) is 11.8. The first-order chi connectivity index (χ1) is 8.69. The Morgan fingerprint density at radius 3 is 2.83 bits per heavy atom. The molecule has 1 N–H and O–H groups in total. The van der Waals surface area contributed by atoms with Crippen LogP contribution in [0.25, 0.3) is 0 Å². The molecule has 2 aromatic rings. The SMILES string of the molecule is CCc1ccc(C(=O)NCc2cccc(Br)c2)o1. The van der Waals surface area contributed by atoms with Gasteiger partial charge in [0.05, 0.1) is 0 Å². The van der Waals surface area contributed by atoms with Crippen LogP contribution in [0.15, 0.2) is 45.3 Å². The molecule has 0 bridgehead atoms. The third-order valence-corrected chi connectivity index (χ3v) is 3.07. The lowest BCUT2D eigenvalue weighted by Gasteiger charge is -2.03. The van der Waals surface area contributed by atoms with Crippen LogP contribution in [0.3, 0.4) is 0 Å². The molecule has 0 spiro atoms. The summed E-state index contributed by atoms with van der Waals surface area (Å²) < 4.78 is 6.39. The lowest BCUT2D eigenvalue weighted by molar-refractivity contribution is 0.0921. The lowest BCUT2D eigenvalue weighted by atomic mass is 10.2. The number of carbonyl (C=O) groups is 1. The molecule has 0 aliphatic heterocycles. The van der Waals surface area contributed by atoms with Crippen molar-refractivity contribution < 1.29 is 9.21 Å². The average Bonchev–Trinajstić information content (AvgIpc) is 2.85. The number of halogens is 1. The molecule has 0 aliphatic rings. The zero-order valence-corrected chi connectivity index (χ0v) is 11.7. The van der Waals surface area contributed by atoms with Gasteiger partial charge in [0.15, 0.2) is 5.76 Å². The molecule has 2 rings (SSSR count). The Morgan fingerprint density at radius 1 is 1.33 bits per heavy atom. The van der Waals surface area contributed by atoms with Crippen molar-refractivity contribution in [2.45, 2.75) is 19.9 Å². The molecule has 18 heavy (non-hydrogen) atoms. The van der Waals surface area contributed by atoms with Crippen molar-refractivity contribution in [2.75, 3.05) is 0 Å². The largest absolute Gasteiger partial charge is 0.456 e. The van der Waals surface area contributed by atoms with E-state index in [1.165, 1.54) is 0 Å². The molecule has 0 atom stereocenters. The van der Waals surface area contributed by atoms with Crippen molar-refractivity contribution in [1.82, 2.24) is 5.32 Å². The van der Waals surface area contributed by atoms with E-state index >= 15 is 0 Å². The Balaban J connectivity index is 1.96. The summed E-state index contributed by atoms with van der Waals surface area (Å²) >= 11 is 3.40.